The van der Waals surface area contributed by atoms with Gasteiger partial charge in [-0.15, -0.1) is 0 Å². The van der Waals surface area contributed by atoms with Crippen LogP contribution in [-0.4, -0.2) is 40.4 Å². The van der Waals surface area contributed by atoms with Crippen molar-refractivity contribution in [2.24, 2.45) is 23.7 Å². The van der Waals surface area contributed by atoms with Crippen LogP contribution in [0, 0.1) is 23.7 Å². The number of aliphatic hydroxyl groups excluding tert-OH is 2. The highest BCUT2D eigenvalue weighted by Gasteiger charge is 2.75. The number of allylic oxidation sites excluding steroid dienone is 4. The van der Waals surface area contributed by atoms with Crippen LogP contribution >= 0.6 is 0 Å². The molecular formula is C15H18O4. The number of rotatable bonds is 1. The molecule has 0 spiro atoms. The third kappa shape index (κ3) is 1.14. The number of ether oxygens (including phenoxy) is 1. The van der Waals surface area contributed by atoms with Gasteiger partial charge >= 0.3 is 0 Å². The molecule has 1 saturated heterocycles. The minimum atomic E-state index is -1.01. The zero-order chi connectivity index (χ0) is 13.5. The summed E-state index contributed by atoms with van der Waals surface area (Å²) in [6.07, 6.45) is 2.87. The van der Waals surface area contributed by atoms with E-state index < -0.39 is 17.8 Å². The summed E-state index contributed by atoms with van der Waals surface area (Å²) in [4.78, 5) is 12.5. The third-order valence-corrected chi connectivity index (χ3v) is 5.46. The number of aliphatic hydroxyl groups is 2. The third-order valence-electron chi connectivity index (χ3n) is 5.46. The van der Waals surface area contributed by atoms with Crippen molar-refractivity contribution >= 4 is 5.78 Å². The predicted octanol–water partition coefficient (Wildman–Crippen LogP) is 0.445. The second-order valence-corrected chi connectivity index (χ2v) is 6.45. The van der Waals surface area contributed by atoms with Crippen molar-refractivity contribution in [3.8, 4) is 0 Å². The van der Waals surface area contributed by atoms with Crippen molar-refractivity contribution in [2.45, 2.75) is 31.7 Å². The minimum Gasteiger partial charge on any atom is -0.393 e. The summed E-state index contributed by atoms with van der Waals surface area (Å²) in [5, 5.41) is 20.1. The van der Waals surface area contributed by atoms with Gasteiger partial charge in [0.15, 0.2) is 17.5 Å². The molecule has 2 bridgehead atoms. The lowest BCUT2D eigenvalue weighted by atomic mass is 9.67. The maximum atomic E-state index is 12.5. The lowest BCUT2D eigenvalue weighted by Crippen LogP contribution is -2.53. The zero-order valence-corrected chi connectivity index (χ0v) is 11.0. The van der Waals surface area contributed by atoms with Gasteiger partial charge in [0.25, 0.3) is 0 Å². The van der Waals surface area contributed by atoms with Crippen molar-refractivity contribution < 1.29 is 19.7 Å². The Morgan fingerprint density at radius 2 is 2.05 bits per heavy atom. The molecule has 3 aliphatic carbocycles. The molecule has 2 N–H and O–H groups in total. The number of fused-ring (bicyclic) bond motifs is 6. The van der Waals surface area contributed by atoms with Crippen LogP contribution in [0.15, 0.2) is 23.3 Å². The van der Waals surface area contributed by atoms with Gasteiger partial charge in [-0.1, -0.05) is 23.3 Å². The van der Waals surface area contributed by atoms with E-state index in [1.807, 2.05) is 0 Å². The van der Waals surface area contributed by atoms with Gasteiger partial charge in [-0.2, -0.15) is 0 Å². The average Bonchev–Trinajstić information content (AvgIpc) is 2.88. The maximum Gasteiger partial charge on any atom is 0.169 e. The summed E-state index contributed by atoms with van der Waals surface area (Å²) in [6.45, 7) is 3.85. The fourth-order valence-corrected chi connectivity index (χ4v) is 4.63. The van der Waals surface area contributed by atoms with Gasteiger partial charge in [0.1, 0.15) is 0 Å². The van der Waals surface area contributed by atoms with Crippen LogP contribution in [0.4, 0.5) is 0 Å². The van der Waals surface area contributed by atoms with Crippen molar-refractivity contribution in [1.29, 1.82) is 0 Å². The number of ketones is 1. The Kier molecular flexibility index (Phi) is 2.10. The van der Waals surface area contributed by atoms with Crippen molar-refractivity contribution in [3.63, 3.8) is 0 Å². The molecule has 4 heteroatoms. The Labute approximate surface area is 111 Å². The molecule has 0 aromatic heterocycles. The summed E-state index contributed by atoms with van der Waals surface area (Å²) >= 11 is 0. The zero-order valence-electron chi connectivity index (χ0n) is 11.0. The molecule has 7 atom stereocenters. The van der Waals surface area contributed by atoms with Crippen LogP contribution in [-0.2, 0) is 9.53 Å². The monoisotopic (exact) mass is 262 g/mol. The van der Waals surface area contributed by atoms with Crippen LogP contribution in [0.2, 0.25) is 0 Å². The van der Waals surface area contributed by atoms with E-state index in [-0.39, 0.29) is 36.1 Å². The molecule has 19 heavy (non-hydrogen) atoms. The number of hydrogen-bond acceptors (Lipinski definition) is 4. The first-order valence-electron chi connectivity index (χ1n) is 6.89. The molecule has 0 aromatic rings. The second-order valence-electron chi connectivity index (χ2n) is 6.45. The lowest BCUT2D eigenvalue weighted by molar-refractivity contribution is -0.131. The minimum absolute atomic E-state index is 0.0694. The standard InChI is InChI=1S/C15H18O4/c1-6(2)9-7-3-4-8(9)11-10(7)12(17)14-15(5-16,19-14)13(11)18/h3-4,7-8,10-11,13-14,16,18H,5H2,1-2H3. The lowest BCUT2D eigenvalue weighted by Gasteiger charge is -2.36. The van der Waals surface area contributed by atoms with Crippen molar-refractivity contribution in [1.82, 2.24) is 0 Å². The molecule has 3 fully saturated rings. The van der Waals surface area contributed by atoms with Crippen molar-refractivity contribution in [3.05, 3.63) is 23.3 Å². The van der Waals surface area contributed by atoms with E-state index in [1.54, 1.807) is 0 Å². The first-order valence-corrected chi connectivity index (χ1v) is 6.89. The normalized spacial score (nSPS) is 53.3. The molecule has 7 unspecified atom stereocenters. The van der Waals surface area contributed by atoms with Gasteiger partial charge in [0, 0.05) is 23.7 Å². The average molecular weight is 262 g/mol. The van der Waals surface area contributed by atoms with Gasteiger partial charge in [0.05, 0.1) is 12.7 Å². The van der Waals surface area contributed by atoms with Crippen LogP contribution in [0.3, 0.4) is 0 Å². The highest BCUT2D eigenvalue weighted by atomic mass is 16.6. The van der Waals surface area contributed by atoms with E-state index in [9.17, 15) is 15.0 Å². The highest BCUT2D eigenvalue weighted by Crippen LogP contribution is 2.62. The maximum absolute atomic E-state index is 12.5. The summed E-state index contributed by atoms with van der Waals surface area (Å²) in [5.41, 5.74) is 1.52. The molecule has 4 aliphatic rings. The first-order chi connectivity index (χ1) is 9.03. The summed E-state index contributed by atoms with van der Waals surface area (Å²) in [7, 11) is 0. The van der Waals surface area contributed by atoms with Gasteiger partial charge in [-0.3, -0.25) is 4.79 Å². The molecule has 102 valence electrons. The Morgan fingerprint density at radius 1 is 1.37 bits per heavy atom. The molecule has 0 radical (unpaired) electrons. The molecule has 0 aromatic carbocycles. The molecule has 4 rings (SSSR count). The van der Waals surface area contributed by atoms with E-state index in [0.29, 0.717) is 0 Å². The molecule has 2 saturated carbocycles. The Bertz CT molecular complexity index is 530. The predicted molar refractivity (Wildman–Crippen MR) is 67.2 cm³/mol. The fourth-order valence-electron chi connectivity index (χ4n) is 4.63. The fraction of sp³-hybridized carbons (Fsp3) is 0.667. The van der Waals surface area contributed by atoms with Crippen LogP contribution in [0.1, 0.15) is 13.8 Å². The number of hydrogen-bond donors (Lipinski definition) is 2. The Balaban J connectivity index is 1.82. The summed E-state index contributed by atoms with van der Waals surface area (Å²) in [6, 6.07) is 0. The van der Waals surface area contributed by atoms with Gasteiger partial charge < -0.3 is 14.9 Å². The summed E-state index contributed by atoms with van der Waals surface area (Å²) in [5.74, 6) is 0.0379. The highest BCUT2D eigenvalue weighted by molar-refractivity contribution is 5.93. The quantitative estimate of drug-likeness (QED) is 0.531. The smallest absolute Gasteiger partial charge is 0.169 e. The molecule has 1 aliphatic heterocycles. The molecule has 4 nitrogen and oxygen atoms in total. The van der Waals surface area contributed by atoms with Gasteiger partial charge in [0.2, 0.25) is 0 Å². The van der Waals surface area contributed by atoms with E-state index in [2.05, 4.69) is 26.0 Å². The molecular weight excluding hydrogens is 244 g/mol. The van der Waals surface area contributed by atoms with E-state index in [4.69, 9.17) is 4.74 Å². The number of Topliss-reactive ketones (excluding diaryl/α,β-unsaturated/α-hetero) is 1. The Hall–Kier alpha value is -0.970. The largest absolute Gasteiger partial charge is 0.393 e. The molecule has 0 amide bonds. The van der Waals surface area contributed by atoms with E-state index in [0.717, 1.165) is 0 Å². The van der Waals surface area contributed by atoms with Crippen LogP contribution in [0.25, 0.3) is 0 Å². The van der Waals surface area contributed by atoms with Crippen molar-refractivity contribution in [2.75, 3.05) is 6.61 Å². The number of carbonyl (C=O) groups excluding carboxylic acids is 1. The molecule has 1 heterocycles. The van der Waals surface area contributed by atoms with Crippen LogP contribution < -0.4 is 0 Å². The number of carbonyl (C=O) groups is 1. The topological polar surface area (TPSA) is 70.1 Å². The van der Waals surface area contributed by atoms with E-state index in [1.165, 1.54) is 11.1 Å². The van der Waals surface area contributed by atoms with Gasteiger partial charge in [-0.25, -0.2) is 0 Å². The number of epoxide rings is 1. The van der Waals surface area contributed by atoms with Crippen LogP contribution in [0.5, 0.6) is 0 Å². The first kappa shape index (κ1) is 11.8. The Morgan fingerprint density at radius 3 is 2.68 bits per heavy atom. The van der Waals surface area contributed by atoms with E-state index >= 15 is 0 Å². The SMILES string of the molecule is CC(C)=C1C2C=CC1C1C2C(=O)C2OC2(CO)C1O. The second kappa shape index (κ2) is 3.37. The van der Waals surface area contributed by atoms with Gasteiger partial charge in [-0.05, 0) is 13.8 Å². The summed E-state index contributed by atoms with van der Waals surface area (Å²) < 4.78 is 5.40.